The third-order valence-electron chi connectivity index (χ3n) is 10.7. The van der Waals surface area contributed by atoms with Gasteiger partial charge < -0.3 is 20.1 Å². The minimum atomic E-state index is -0.978. The van der Waals surface area contributed by atoms with Crippen molar-refractivity contribution in [3.05, 3.63) is 82.7 Å². The van der Waals surface area contributed by atoms with Crippen LogP contribution in [-0.2, 0) is 28.3 Å². The van der Waals surface area contributed by atoms with E-state index in [-0.39, 0.29) is 24.3 Å². The van der Waals surface area contributed by atoms with E-state index in [9.17, 15) is 19.5 Å². The Hall–Kier alpha value is -4.35. The Morgan fingerprint density at radius 3 is 2.37 bits per heavy atom. The fourth-order valence-corrected chi connectivity index (χ4v) is 7.58. The molecule has 0 spiro atoms. The van der Waals surface area contributed by atoms with Crippen molar-refractivity contribution in [1.29, 1.82) is 0 Å². The molecule has 3 amide bonds. The molecule has 0 bridgehead atoms. The van der Waals surface area contributed by atoms with Crippen molar-refractivity contribution in [1.82, 2.24) is 25.1 Å². The monoisotopic (exact) mass is 666 g/mol. The van der Waals surface area contributed by atoms with Gasteiger partial charge in [-0.05, 0) is 91.3 Å². The minimum Gasteiger partial charge on any atom is -0.490 e. The zero-order valence-corrected chi connectivity index (χ0v) is 28.4. The van der Waals surface area contributed by atoms with Gasteiger partial charge in [0, 0.05) is 56.6 Å². The lowest BCUT2D eigenvalue weighted by Crippen LogP contribution is -2.52. The van der Waals surface area contributed by atoms with Gasteiger partial charge in [-0.15, -0.1) is 0 Å². The van der Waals surface area contributed by atoms with Crippen molar-refractivity contribution in [2.45, 2.75) is 108 Å². The highest BCUT2D eigenvalue weighted by Gasteiger charge is 2.41. The second-order valence-corrected chi connectivity index (χ2v) is 14.5. The topological polar surface area (TPSA) is 137 Å². The molecule has 3 fully saturated rings. The molecule has 258 valence electrons. The number of anilines is 1. The summed E-state index contributed by atoms with van der Waals surface area (Å²) in [5.74, 6) is 1.09. The van der Waals surface area contributed by atoms with E-state index in [1.165, 1.54) is 5.56 Å². The van der Waals surface area contributed by atoms with Crippen molar-refractivity contribution in [3.63, 3.8) is 0 Å². The Morgan fingerprint density at radius 1 is 0.980 bits per heavy atom. The number of likely N-dealkylation sites (tertiary alicyclic amines) is 1. The number of nitrogens with one attached hydrogen (secondary N) is 2. The van der Waals surface area contributed by atoms with Gasteiger partial charge >= 0.3 is 0 Å². The third kappa shape index (κ3) is 7.33. The van der Waals surface area contributed by atoms with Crippen molar-refractivity contribution in [2.75, 3.05) is 18.4 Å². The molecule has 4 heterocycles. The lowest BCUT2D eigenvalue weighted by Gasteiger charge is -2.38. The quantitative estimate of drug-likeness (QED) is 0.279. The molecular weight excluding hydrogens is 620 g/mol. The number of ether oxygens (including phenoxy) is 1. The average Bonchev–Trinajstić information content (AvgIpc) is 3.43. The second kappa shape index (κ2) is 13.9. The lowest BCUT2D eigenvalue weighted by molar-refractivity contribution is -0.136. The molecule has 11 heteroatoms. The van der Waals surface area contributed by atoms with Gasteiger partial charge in [0.05, 0.1) is 11.7 Å². The Balaban J connectivity index is 0.867. The standard InChI is InChI=1S/C38H46N6O5/c1-24(2)27-20-39-37(40-21-27)41-29-6-10-31(11-7-29)49-30-8-3-25(4-9-30)22-43-17-15-38(48,16-18-43)28-5-12-32-26(19-28)23-44(36(32)47)33-13-14-34(45)42-35(33)46/h3-5,8-9,12,19-21,24,29,31,33,48H,6-7,10-11,13-18,22-23H2,1-2H3,(H,39,40,41)(H,42,45,46). The maximum absolute atomic E-state index is 13.1. The Labute approximate surface area is 287 Å². The van der Waals surface area contributed by atoms with Crippen LogP contribution in [0.1, 0.15) is 104 Å². The number of hydrogen-bond acceptors (Lipinski definition) is 9. The van der Waals surface area contributed by atoms with Crippen molar-refractivity contribution < 1.29 is 24.2 Å². The van der Waals surface area contributed by atoms with Crippen molar-refractivity contribution in [3.8, 4) is 5.75 Å². The van der Waals surface area contributed by atoms with Crippen molar-refractivity contribution in [2.24, 2.45) is 0 Å². The number of piperidine rings is 2. The summed E-state index contributed by atoms with van der Waals surface area (Å²) in [7, 11) is 0. The lowest BCUT2D eigenvalue weighted by atomic mass is 9.83. The van der Waals surface area contributed by atoms with E-state index in [4.69, 9.17) is 4.74 Å². The highest BCUT2D eigenvalue weighted by molar-refractivity contribution is 6.05. The Morgan fingerprint density at radius 2 is 1.69 bits per heavy atom. The fraction of sp³-hybridized carbons (Fsp3) is 0.500. The Kier molecular flexibility index (Phi) is 9.39. The molecule has 3 aromatic rings. The molecule has 4 aliphatic rings. The van der Waals surface area contributed by atoms with E-state index >= 15 is 0 Å². The SMILES string of the molecule is CC(C)c1cnc(NC2CCC(Oc3ccc(CN4CCC(O)(c5ccc6c(c5)CN(C5CCC(=O)NC5=O)C6=O)CC4)cc3)CC2)nc1. The molecule has 0 radical (unpaired) electrons. The first kappa shape index (κ1) is 33.2. The van der Waals surface area contributed by atoms with E-state index < -0.39 is 17.6 Å². The summed E-state index contributed by atoms with van der Waals surface area (Å²) >= 11 is 0. The van der Waals surface area contributed by atoms with Crippen LogP contribution in [0.25, 0.3) is 0 Å². The zero-order valence-electron chi connectivity index (χ0n) is 28.4. The molecule has 11 nitrogen and oxygen atoms in total. The van der Waals surface area contributed by atoms with Gasteiger partial charge in [0.15, 0.2) is 0 Å². The molecule has 7 rings (SSSR count). The van der Waals surface area contributed by atoms with Crippen LogP contribution in [0.4, 0.5) is 5.95 Å². The fourth-order valence-electron chi connectivity index (χ4n) is 7.58. The number of carbonyl (C=O) groups excluding carboxylic acids is 3. The highest BCUT2D eigenvalue weighted by Crippen LogP contribution is 2.37. The van der Waals surface area contributed by atoms with Crippen LogP contribution in [0.3, 0.4) is 0 Å². The smallest absolute Gasteiger partial charge is 0.255 e. The zero-order chi connectivity index (χ0) is 34.1. The summed E-state index contributed by atoms with van der Waals surface area (Å²) in [6.45, 7) is 6.88. The van der Waals surface area contributed by atoms with Crippen LogP contribution in [-0.4, -0.2) is 73.9 Å². The van der Waals surface area contributed by atoms with E-state index in [0.717, 1.165) is 67.8 Å². The van der Waals surface area contributed by atoms with Crippen molar-refractivity contribution >= 4 is 23.7 Å². The minimum absolute atomic E-state index is 0.200. The summed E-state index contributed by atoms with van der Waals surface area (Å²) in [6, 6.07) is 13.7. The van der Waals surface area contributed by atoms with Gasteiger partial charge in [0.2, 0.25) is 17.8 Å². The molecule has 2 saturated heterocycles. The summed E-state index contributed by atoms with van der Waals surface area (Å²) in [4.78, 5) is 50.0. The molecule has 2 aromatic carbocycles. The predicted molar refractivity (Wildman–Crippen MR) is 184 cm³/mol. The number of fused-ring (bicyclic) bond motifs is 1. The van der Waals surface area contributed by atoms with Gasteiger partial charge in [-0.1, -0.05) is 38.1 Å². The predicted octanol–water partition coefficient (Wildman–Crippen LogP) is 4.65. The van der Waals surface area contributed by atoms with Gasteiger partial charge in [-0.2, -0.15) is 0 Å². The third-order valence-corrected chi connectivity index (χ3v) is 10.7. The molecule has 49 heavy (non-hydrogen) atoms. The maximum Gasteiger partial charge on any atom is 0.255 e. The van der Waals surface area contributed by atoms with Gasteiger partial charge in [0.25, 0.3) is 5.91 Å². The molecule has 1 atom stereocenters. The van der Waals surface area contributed by atoms with Crippen LogP contribution in [0.15, 0.2) is 54.9 Å². The summed E-state index contributed by atoms with van der Waals surface area (Å²) < 4.78 is 6.34. The van der Waals surface area contributed by atoms with Gasteiger partial charge in [-0.3, -0.25) is 24.6 Å². The van der Waals surface area contributed by atoms with Gasteiger partial charge in [0.1, 0.15) is 11.8 Å². The number of amides is 3. The second-order valence-electron chi connectivity index (χ2n) is 14.5. The number of nitrogens with zero attached hydrogens (tertiary/aromatic N) is 4. The van der Waals surface area contributed by atoms with E-state index in [2.05, 4.69) is 63.6 Å². The first-order valence-electron chi connectivity index (χ1n) is 17.7. The van der Waals surface area contributed by atoms with E-state index in [1.54, 1.807) is 11.0 Å². The molecule has 1 unspecified atom stereocenters. The van der Waals surface area contributed by atoms with Crippen LogP contribution < -0.4 is 15.4 Å². The molecular formula is C38H46N6O5. The van der Waals surface area contributed by atoms with E-state index in [0.29, 0.717) is 49.3 Å². The summed E-state index contributed by atoms with van der Waals surface area (Å²) in [6.07, 6.45) is 9.75. The number of aromatic nitrogens is 2. The number of rotatable bonds is 9. The van der Waals surface area contributed by atoms with Crippen LogP contribution >= 0.6 is 0 Å². The Bertz CT molecular complexity index is 1680. The molecule has 3 aliphatic heterocycles. The average molecular weight is 667 g/mol. The number of carbonyl (C=O) groups is 3. The molecule has 1 aliphatic carbocycles. The first-order valence-corrected chi connectivity index (χ1v) is 17.7. The number of benzene rings is 2. The molecule has 1 saturated carbocycles. The van der Waals surface area contributed by atoms with E-state index in [1.807, 2.05) is 24.5 Å². The highest BCUT2D eigenvalue weighted by atomic mass is 16.5. The number of hydrogen-bond donors (Lipinski definition) is 3. The maximum atomic E-state index is 13.1. The number of aliphatic hydroxyl groups is 1. The molecule has 3 N–H and O–H groups in total. The first-order chi connectivity index (χ1) is 23.6. The largest absolute Gasteiger partial charge is 0.490 e. The molecule has 1 aromatic heterocycles. The summed E-state index contributed by atoms with van der Waals surface area (Å²) in [5, 5.41) is 17.5. The van der Waals surface area contributed by atoms with Crippen LogP contribution in [0, 0.1) is 0 Å². The van der Waals surface area contributed by atoms with Crippen LogP contribution in [0.5, 0.6) is 5.75 Å². The number of imide groups is 1. The van der Waals surface area contributed by atoms with Gasteiger partial charge in [-0.25, -0.2) is 9.97 Å². The van der Waals surface area contributed by atoms with Crippen LogP contribution in [0.2, 0.25) is 0 Å². The normalized spacial score (nSPS) is 24.1. The summed E-state index contributed by atoms with van der Waals surface area (Å²) in [5.41, 5.74) is 3.56.